The van der Waals surface area contributed by atoms with Gasteiger partial charge in [-0.3, -0.25) is 0 Å². The van der Waals surface area contributed by atoms with Crippen LogP contribution in [0.5, 0.6) is 0 Å². The third-order valence-corrected chi connectivity index (χ3v) is 2.05. The van der Waals surface area contributed by atoms with E-state index in [0.29, 0.717) is 0 Å². The molecule has 0 unspecified atom stereocenters. The summed E-state index contributed by atoms with van der Waals surface area (Å²) < 4.78 is 0. The summed E-state index contributed by atoms with van der Waals surface area (Å²) in [5.41, 5.74) is 1.70. The van der Waals surface area contributed by atoms with Gasteiger partial charge >= 0.3 is 0 Å². The average molecular weight is 170 g/mol. The smallest absolute Gasteiger partial charge is 0.142 e. The van der Waals surface area contributed by atoms with E-state index in [-0.39, 0.29) is 0 Å². The van der Waals surface area contributed by atoms with Gasteiger partial charge in [0.25, 0.3) is 0 Å². The summed E-state index contributed by atoms with van der Waals surface area (Å²) in [6.45, 7) is 0. The van der Waals surface area contributed by atoms with Crippen LogP contribution < -0.4 is 0 Å². The SMILES string of the molecule is c1cnc2[nH]c3ncncc3c2c1. The third kappa shape index (κ3) is 0.823. The molecule has 0 fully saturated rings. The van der Waals surface area contributed by atoms with E-state index >= 15 is 0 Å². The number of H-pyrrole nitrogens is 1. The first kappa shape index (κ1) is 6.54. The Morgan fingerprint density at radius 3 is 3.00 bits per heavy atom. The molecule has 0 aromatic carbocycles. The maximum atomic E-state index is 4.20. The zero-order valence-electron chi connectivity index (χ0n) is 6.73. The van der Waals surface area contributed by atoms with Crippen molar-refractivity contribution in [2.45, 2.75) is 0 Å². The van der Waals surface area contributed by atoms with E-state index in [1.807, 2.05) is 12.1 Å². The zero-order valence-corrected chi connectivity index (χ0v) is 6.73. The van der Waals surface area contributed by atoms with Crippen molar-refractivity contribution in [3.05, 3.63) is 30.9 Å². The number of hydrogen-bond donors (Lipinski definition) is 1. The van der Waals surface area contributed by atoms with Gasteiger partial charge in [0, 0.05) is 23.2 Å². The molecule has 0 saturated heterocycles. The van der Waals surface area contributed by atoms with Crippen LogP contribution in [0.3, 0.4) is 0 Å². The number of nitrogens with one attached hydrogen (secondary N) is 1. The van der Waals surface area contributed by atoms with Gasteiger partial charge in [-0.2, -0.15) is 0 Å². The molecule has 4 heteroatoms. The van der Waals surface area contributed by atoms with E-state index < -0.39 is 0 Å². The molecule has 0 aliphatic rings. The van der Waals surface area contributed by atoms with Gasteiger partial charge in [-0.1, -0.05) is 0 Å². The fraction of sp³-hybridized carbons (Fsp3) is 0. The summed E-state index contributed by atoms with van der Waals surface area (Å²) >= 11 is 0. The van der Waals surface area contributed by atoms with Crippen molar-refractivity contribution < 1.29 is 0 Å². The van der Waals surface area contributed by atoms with Gasteiger partial charge in [-0.05, 0) is 12.1 Å². The Labute approximate surface area is 73.7 Å². The van der Waals surface area contributed by atoms with Crippen LogP contribution in [0.25, 0.3) is 22.1 Å². The van der Waals surface area contributed by atoms with Gasteiger partial charge in [-0.15, -0.1) is 0 Å². The Balaban J connectivity index is 2.64. The largest absolute Gasteiger partial charge is 0.324 e. The summed E-state index contributed by atoms with van der Waals surface area (Å²) in [5.74, 6) is 0. The maximum absolute atomic E-state index is 4.20. The van der Waals surface area contributed by atoms with E-state index in [9.17, 15) is 0 Å². The quantitative estimate of drug-likeness (QED) is 0.556. The molecule has 0 atom stereocenters. The second-order valence-electron chi connectivity index (χ2n) is 2.81. The molecule has 0 saturated carbocycles. The summed E-state index contributed by atoms with van der Waals surface area (Å²) in [5, 5.41) is 2.09. The second-order valence-corrected chi connectivity index (χ2v) is 2.81. The van der Waals surface area contributed by atoms with Gasteiger partial charge in [-0.25, -0.2) is 15.0 Å². The maximum Gasteiger partial charge on any atom is 0.142 e. The Kier molecular flexibility index (Phi) is 1.14. The number of fused-ring (bicyclic) bond motifs is 3. The average Bonchev–Trinajstić information content (AvgIpc) is 2.56. The molecule has 0 amide bonds. The van der Waals surface area contributed by atoms with Crippen LogP contribution >= 0.6 is 0 Å². The lowest BCUT2D eigenvalue weighted by Gasteiger charge is -1.85. The minimum Gasteiger partial charge on any atom is -0.324 e. The van der Waals surface area contributed by atoms with Gasteiger partial charge in [0.1, 0.15) is 17.6 Å². The molecular formula is C9H6N4. The molecule has 1 N–H and O–H groups in total. The number of hydrogen-bond acceptors (Lipinski definition) is 3. The Bertz CT molecular complexity index is 519. The first-order valence-electron chi connectivity index (χ1n) is 3.97. The minimum absolute atomic E-state index is 0.837. The predicted octanol–water partition coefficient (Wildman–Crippen LogP) is 1.51. The molecule has 3 aromatic heterocycles. The van der Waals surface area contributed by atoms with Crippen LogP contribution in [0.15, 0.2) is 30.9 Å². The van der Waals surface area contributed by atoms with Crippen LogP contribution in [0.1, 0.15) is 0 Å². The summed E-state index contributed by atoms with van der Waals surface area (Å²) in [4.78, 5) is 15.4. The van der Waals surface area contributed by atoms with Gasteiger partial charge < -0.3 is 4.98 Å². The first-order chi connectivity index (χ1) is 6.45. The topological polar surface area (TPSA) is 54.5 Å². The molecule has 13 heavy (non-hydrogen) atoms. The molecule has 0 bridgehead atoms. The fourth-order valence-corrected chi connectivity index (χ4v) is 1.46. The lowest BCUT2D eigenvalue weighted by atomic mass is 10.3. The predicted molar refractivity (Wildman–Crippen MR) is 49.2 cm³/mol. The number of nitrogens with zero attached hydrogens (tertiary/aromatic N) is 3. The second kappa shape index (κ2) is 2.26. The Hall–Kier alpha value is -1.97. The van der Waals surface area contributed by atoms with Crippen LogP contribution in [-0.4, -0.2) is 19.9 Å². The molecule has 0 aliphatic carbocycles. The van der Waals surface area contributed by atoms with E-state index in [1.54, 1.807) is 12.4 Å². The molecule has 4 nitrogen and oxygen atoms in total. The lowest BCUT2D eigenvalue weighted by Crippen LogP contribution is -1.76. The van der Waals surface area contributed by atoms with E-state index in [2.05, 4.69) is 19.9 Å². The van der Waals surface area contributed by atoms with Crippen molar-refractivity contribution in [3.63, 3.8) is 0 Å². The van der Waals surface area contributed by atoms with E-state index in [0.717, 1.165) is 22.1 Å². The summed E-state index contributed by atoms with van der Waals surface area (Å²) in [7, 11) is 0. The van der Waals surface area contributed by atoms with E-state index in [1.165, 1.54) is 6.33 Å². The van der Waals surface area contributed by atoms with Crippen LogP contribution in [-0.2, 0) is 0 Å². The van der Waals surface area contributed by atoms with E-state index in [4.69, 9.17) is 0 Å². The van der Waals surface area contributed by atoms with Crippen LogP contribution in [0, 0.1) is 0 Å². The van der Waals surface area contributed by atoms with Crippen molar-refractivity contribution >= 4 is 22.1 Å². The van der Waals surface area contributed by atoms with Crippen molar-refractivity contribution in [2.75, 3.05) is 0 Å². The Morgan fingerprint density at radius 1 is 1.08 bits per heavy atom. The monoisotopic (exact) mass is 170 g/mol. The lowest BCUT2D eigenvalue weighted by molar-refractivity contribution is 1.20. The fourth-order valence-electron chi connectivity index (χ4n) is 1.46. The van der Waals surface area contributed by atoms with Gasteiger partial charge in [0.2, 0.25) is 0 Å². The van der Waals surface area contributed by atoms with Crippen molar-refractivity contribution in [3.8, 4) is 0 Å². The standard InChI is InChI=1S/C9H6N4/c1-2-6-7-4-10-5-12-9(7)13-8(6)11-3-1/h1-5H,(H,10,11,12,13). The van der Waals surface area contributed by atoms with Crippen LogP contribution in [0.4, 0.5) is 0 Å². The molecule has 3 heterocycles. The summed E-state index contributed by atoms with van der Waals surface area (Å²) in [6, 6.07) is 3.91. The first-order valence-corrected chi connectivity index (χ1v) is 3.97. The number of aromatic nitrogens is 4. The van der Waals surface area contributed by atoms with Crippen molar-refractivity contribution in [1.29, 1.82) is 0 Å². The van der Waals surface area contributed by atoms with Gasteiger partial charge in [0.15, 0.2) is 0 Å². The highest BCUT2D eigenvalue weighted by Crippen LogP contribution is 2.20. The molecule has 3 aromatic rings. The van der Waals surface area contributed by atoms with Crippen molar-refractivity contribution in [1.82, 2.24) is 19.9 Å². The highest BCUT2D eigenvalue weighted by Gasteiger charge is 2.03. The van der Waals surface area contributed by atoms with Gasteiger partial charge in [0.05, 0.1) is 0 Å². The Morgan fingerprint density at radius 2 is 2.00 bits per heavy atom. The normalized spacial score (nSPS) is 11.1. The van der Waals surface area contributed by atoms with Crippen molar-refractivity contribution in [2.24, 2.45) is 0 Å². The molecule has 0 radical (unpaired) electrons. The number of pyridine rings is 1. The highest BCUT2D eigenvalue weighted by molar-refractivity contribution is 6.03. The molecular weight excluding hydrogens is 164 g/mol. The molecule has 0 aliphatic heterocycles. The third-order valence-electron chi connectivity index (χ3n) is 2.05. The molecule has 62 valence electrons. The zero-order chi connectivity index (χ0) is 8.67. The number of rotatable bonds is 0. The minimum atomic E-state index is 0.837. The summed E-state index contributed by atoms with van der Waals surface area (Å²) in [6.07, 6.45) is 5.08. The molecule has 0 spiro atoms. The van der Waals surface area contributed by atoms with Crippen LogP contribution in [0.2, 0.25) is 0 Å². The number of aromatic amines is 1. The highest BCUT2D eigenvalue weighted by atomic mass is 14.9. The molecule has 3 rings (SSSR count).